The molecule has 4 heterocycles. The second-order valence-corrected chi connectivity index (χ2v) is 7.75. The summed E-state index contributed by atoms with van der Waals surface area (Å²) >= 11 is 0. The van der Waals surface area contributed by atoms with Gasteiger partial charge in [-0.1, -0.05) is 0 Å². The highest BCUT2D eigenvalue weighted by Crippen LogP contribution is 2.35. The topological polar surface area (TPSA) is 87.3 Å². The van der Waals surface area contributed by atoms with Crippen LogP contribution in [0.4, 0.5) is 10.2 Å². The lowest BCUT2D eigenvalue weighted by Gasteiger charge is -2.38. The number of phenolic OH excluding ortho intramolecular Hbond substituents is 1. The van der Waals surface area contributed by atoms with Crippen LogP contribution in [0.2, 0.25) is 0 Å². The zero-order valence-electron chi connectivity index (χ0n) is 15.8. The summed E-state index contributed by atoms with van der Waals surface area (Å²) in [6.45, 7) is 1.76. The lowest BCUT2D eigenvalue weighted by molar-refractivity contribution is 0.176. The number of piperidine rings is 1. The smallest absolute Gasteiger partial charge is 0.192 e. The zero-order chi connectivity index (χ0) is 19.4. The van der Waals surface area contributed by atoms with E-state index in [-0.39, 0.29) is 17.8 Å². The minimum Gasteiger partial charge on any atom is -0.507 e. The van der Waals surface area contributed by atoms with Gasteiger partial charge in [-0.15, -0.1) is 10.2 Å². The molecule has 5 rings (SSSR count). The third-order valence-corrected chi connectivity index (χ3v) is 5.95. The lowest BCUT2D eigenvalue weighted by atomic mass is 9.96. The number of alkyl halides is 1. The van der Waals surface area contributed by atoms with Crippen molar-refractivity contribution in [1.82, 2.24) is 20.5 Å². The molecule has 8 heteroatoms. The van der Waals surface area contributed by atoms with E-state index in [1.165, 1.54) is 0 Å². The number of oxazole rings is 1. The lowest BCUT2D eigenvalue weighted by Crippen LogP contribution is -2.55. The van der Waals surface area contributed by atoms with Gasteiger partial charge in [-0.05, 0) is 37.5 Å². The Morgan fingerprint density at radius 1 is 1.25 bits per heavy atom. The summed E-state index contributed by atoms with van der Waals surface area (Å²) in [6, 6.07) is 6.97. The number of benzene rings is 1. The average Bonchev–Trinajstić information content (AvgIpc) is 3.26. The second-order valence-electron chi connectivity index (χ2n) is 7.75. The Morgan fingerprint density at radius 3 is 2.89 bits per heavy atom. The molecule has 0 saturated carbocycles. The highest BCUT2D eigenvalue weighted by Gasteiger charge is 2.43. The van der Waals surface area contributed by atoms with Gasteiger partial charge in [0.15, 0.2) is 17.3 Å². The number of nitrogens with one attached hydrogen (secondary N) is 1. The molecular weight excluding hydrogens is 361 g/mol. The van der Waals surface area contributed by atoms with Crippen LogP contribution < -0.4 is 10.2 Å². The summed E-state index contributed by atoms with van der Waals surface area (Å²) in [5, 5.41) is 22.2. The van der Waals surface area contributed by atoms with Crippen LogP contribution in [0.3, 0.4) is 0 Å². The van der Waals surface area contributed by atoms with Crippen LogP contribution in [-0.2, 0) is 0 Å². The number of rotatable bonds is 3. The first-order chi connectivity index (χ1) is 13.5. The summed E-state index contributed by atoms with van der Waals surface area (Å²) < 4.78 is 20.4. The standard InChI is InChI=1S/C20H22FN5O2/c1-10-22-15-9-17(27)12(8-18(15)28-10)13-5-6-19(25-24-13)26(2)16-7-11-3-4-14(23-11)20(16)21/h5-6,8-9,11,14,16,20,23,27H,3-4,7H2,1-2H3/t11-,14+,16-,20+/m0/s1. The van der Waals surface area contributed by atoms with Crippen molar-refractivity contribution in [3.63, 3.8) is 0 Å². The maximum Gasteiger partial charge on any atom is 0.192 e. The van der Waals surface area contributed by atoms with Gasteiger partial charge in [0.05, 0.1) is 11.7 Å². The van der Waals surface area contributed by atoms with Crippen LogP contribution in [0.15, 0.2) is 28.7 Å². The molecule has 2 fully saturated rings. The molecular formula is C20H22FN5O2. The summed E-state index contributed by atoms with van der Waals surface area (Å²) in [5.74, 6) is 1.22. The fourth-order valence-corrected chi connectivity index (χ4v) is 4.46. The monoisotopic (exact) mass is 383 g/mol. The Balaban J connectivity index is 1.42. The molecule has 2 bridgehead atoms. The van der Waals surface area contributed by atoms with Gasteiger partial charge in [0.25, 0.3) is 0 Å². The molecule has 4 atom stereocenters. The van der Waals surface area contributed by atoms with Crippen molar-refractivity contribution in [2.24, 2.45) is 0 Å². The van der Waals surface area contributed by atoms with E-state index in [0.717, 1.165) is 19.3 Å². The molecule has 1 aromatic carbocycles. The molecule has 0 aliphatic carbocycles. The van der Waals surface area contributed by atoms with Gasteiger partial charge < -0.3 is 19.7 Å². The quantitative estimate of drug-likeness (QED) is 0.719. The Bertz CT molecular complexity index is 1020. The van der Waals surface area contributed by atoms with Gasteiger partial charge in [0.1, 0.15) is 17.4 Å². The fourth-order valence-electron chi connectivity index (χ4n) is 4.46. The number of aromatic hydroxyl groups is 1. The molecule has 0 amide bonds. The molecule has 0 radical (unpaired) electrons. The van der Waals surface area contributed by atoms with Gasteiger partial charge in [0, 0.05) is 37.7 Å². The van der Waals surface area contributed by atoms with Crippen molar-refractivity contribution < 1.29 is 13.9 Å². The third-order valence-electron chi connectivity index (χ3n) is 5.95. The summed E-state index contributed by atoms with van der Waals surface area (Å²) in [4.78, 5) is 6.10. The van der Waals surface area contributed by atoms with E-state index in [9.17, 15) is 9.50 Å². The van der Waals surface area contributed by atoms with E-state index >= 15 is 0 Å². The number of aryl methyl sites for hydroxylation is 1. The second kappa shape index (κ2) is 6.41. The van der Waals surface area contributed by atoms with Gasteiger partial charge >= 0.3 is 0 Å². The van der Waals surface area contributed by atoms with E-state index in [1.807, 2.05) is 18.0 Å². The Kier molecular flexibility index (Phi) is 3.97. The fraction of sp³-hybridized carbons (Fsp3) is 0.450. The first-order valence-electron chi connectivity index (χ1n) is 9.57. The minimum absolute atomic E-state index is 0.0625. The molecule has 3 aromatic rings. The molecule has 2 aliphatic heterocycles. The number of aromatic nitrogens is 3. The summed E-state index contributed by atoms with van der Waals surface area (Å²) in [5.41, 5.74) is 2.22. The van der Waals surface area contributed by atoms with Gasteiger partial charge in [-0.25, -0.2) is 9.37 Å². The van der Waals surface area contributed by atoms with Crippen molar-refractivity contribution in [2.45, 2.75) is 50.5 Å². The largest absolute Gasteiger partial charge is 0.507 e. The average molecular weight is 383 g/mol. The van der Waals surface area contributed by atoms with Crippen molar-refractivity contribution in [3.8, 4) is 17.0 Å². The number of nitrogens with zero attached hydrogens (tertiary/aromatic N) is 4. The highest BCUT2D eigenvalue weighted by atomic mass is 19.1. The third kappa shape index (κ3) is 2.79. The van der Waals surface area contributed by atoms with Crippen molar-refractivity contribution in [2.75, 3.05) is 11.9 Å². The summed E-state index contributed by atoms with van der Waals surface area (Å²) in [6.07, 6.45) is 1.76. The van der Waals surface area contributed by atoms with E-state index in [2.05, 4.69) is 20.5 Å². The number of hydrogen-bond acceptors (Lipinski definition) is 7. The van der Waals surface area contributed by atoms with E-state index in [0.29, 0.717) is 40.1 Å². The Morgan fingerprint density at radius 2 is 2.11 bits per heavy atom. The molecule has 2 N–H and O–H groups in total. The van der Waals surface area contributed by atoms with Gasteiger partial charge in [-0.2, -0.15) is 0 Å². The summed E-state index contributed by atoms with van der Waals surface area (Å²) in [7, 11) is 1.87. The molecule has 0 unspecified atom stereocenters. The number of fused-ring (bicyclic) bond motifs is 3. The SMILES string of the molecule is Cc1nc2cc(O)c(-c3ccc(N(C)[C@H]4C[C@@H]5CC[C@@H](N5)[C@H]4F)nn3)cc2o1. The molecule has 146 valence electrons. The minimum atomic E-state index is -0.925. The van der Waals surface area contributed by atoms with Crippen LogP contribution in [0.5, 0.6) is 5.75 Å². The molecule has 2 aliphatic rings. The first-order valence-corrected chi connectivity index (χ1v) is 9.57. The number of hydrogen-bond donors (Lipinski definition) is 2. The van der Waals surface area contributed by atoms with Crippen LogP contribution in [0, 0.1) is 6.92 Å². The molecule has 28 heavy (non-hydrogen) atoms. The molecule has 0 spiro atoms. The molecule has 7 nitrogen and oxygen atoms in total. The molecule has 2 saturated heterocycles. The van der Waals surface area contributed by atoms with Crippen molar-refractivity contribution >= 4 is 16.9 Å². The van der Waals surface area contributed by atoms with Gasteiger partial charge in [0.2, 0.25) is 0 Å². The van der Waals surface area contributed by atoms with Crippen LogP contribution in [0.1, 0.15) is 25.2 Å². The number of anilines is 1. The zero-order valence-corrected chi connectivity index (χ0v) is 15.8. The number of halogens is 1. The van der Waals surface area contributed by atoms with E-state index < -0.39 is 6.17 Å². The molecule has 2 aromatic heterocycles. The normalized spacial score (nSPS) is 26.7. The van der Waals surface area contributed by atoms with Crippen LogP contribution in [-0.4, -0.2) is 51.6 Å². The van der Waals surface area contributed by atoms with Crippen molar-refractivity contribution in [1.29, 1.82) is 0 Å². The van der Waals surface area contributed by atoms with E-state index in [4.69, 9.17) is 4.42 Å². The Hall–Kier alpha value is -2.74. The predicted molar refractivity (Wildman–Crippen MR) is 103 cm³/mol. The Labute approximate surface area is 161 Å². The predicted octanol–water partition coefficient (Wildman–Crippen LogP) is 2.97. The first kappa shape index (κ1) is 17.4. The maximum absolute atomic E-state index is 14.8. The maximum atomic E-state index is 14.8. The van der Waals surface area contributed by atoms with Crippen molar-refractivity contribution in [3.05, 3.63) is 30.2 Å². The van der Waals surface area contributed by atoms with Crippen LogP contribution in [0.25, 0.3) is 22.4 Å². The van der Waals surface area contributed by atoms with Crippen LogP contribution >= 0.6 is 0 Å². The van der Waals surface area contributed by atoms with E-state index in [1.54, 1.807) is 25.1 Å². The highest BCUT2D eigenvalue weighted by molar-refractivity contribution is 5.83. The number of phenols is 1. The van der Waals surface area contributed by atoms with Gasteiger partial charge in [-0.3, -0.25) is 0 Å².